The quantitative estimate of drug-likeness (QED) is 0.782. The normalized spacial score (nSPS) is 12.3. The number of hydrogen-bond acceptors (Lipinski definition) is 3. The molecule has 4 heteroatoms. The molecule has 0 fully saturated rings. The topological polar surface area (TPSA) is 50.9 Å². The van der Waals surface area contributed by atoms with Crippen molar-refractivity contribution in [2.45, 2.75) is 32.9 Å². The number of rotatable bonds is 5. The fourth-order valence-electron chi connectivity index (χ4n) is 2.58. The first kappa shape index (κ1) is 15.4. The van der Waals surface area contributed by atoms with Crippen LogP contribution in [0, 0.1) is 6.92 Å². The van der Waals surface area contributed by atoms with Crippen LogP contribution in [0.15, 0.2) is 54.9 Å². The van der Waals surface area contributed by atoms with E-state index in [2.05, 4.69) is 35.2 Å². The van der Waals surface area contributed by atoms with Gasteiger partial charge in [-0.25, -0.2) is 0 Å². The van der Waals surface area contributed by atoms with Gasteiger partial charge in [0.15, 0.2) is 0 Å². The van der Waals surface area contributed by atoms with E-state index >= 15 is 0 Å². The van der Waals surface area contributed by atoms with Crippen molar-refractivity contribution in [3.05, 3.63) is 60.4 Å². The smallest absolute Gasteiger partial charge is 0.0923 e. The van der Waals surface area contributed by atoms with Crippen molar-refractivity contribution in [2.24, 2.45) is 0 Å². The van der Waals surface area contributed by atoms with Gasteiger partial charge in [-0.2, -0.15) is 5.10 Å². The molecule has 2 aromatic heterocycles. The predicted octanol–water partition coefficient (Wildman–Crippen LogP) is 3.69. The van der Waals surface area contributed by atoms with E-state index in [-0.39, 0.29) is 6.10 Å². The van der Waals surface area contributed by atoms with Crippen LogP contribution in [-0.4, -0.2) is 26.0 Å². The molecule has 4 nitrogen and oxygen atoms in total. The molecule has 0 saturated heterocycles. The Morgan fingerprint density at radius 2 is 1.96 bits per heavy atom. The minimum absolute atomic E-state index is 0.356. The van der Waals surface area contributed by atoms with Gasteiger partial charge in [0.2, 0.25) is 0 Å². The maximum Gasteiger partial charge on any atom is 0.0923 e. The molecule has 3 rings (SSSR count). The van der Waals surface area contributed by atoms with Crippen molar-refractivity contribution in [3.8, 4) is 22.5 Å². The van der Waals surface area contributed by atoms with Gasteiger partial charge in [-0.3, -0.25) is 9.67 Å². The first-order chi connectivity index (χ1) is 11.2. The van der Waals surface area contributed by atoms with Gasteiger partial charge in [0.05, 0.1) is 24.0 Å². The fraction of sp³-hybridized carbons (Fsp3) is 0.263. The molecule has 0 aliphatic heterocycles. The molecular weight excluding hydrogens is 286 g/mol. The van der Waals surface area contributed by atoms with E-state index in [0.29, 0.717) is 6.54 Å². The van der Waals surface area contributed by atoms with Crippen LogP contribution in [0.4, 0.5) is 0 Å². The van der Waals surface area contributed by atoms with Gasteiger partial charge in [-0.05, 0) is 37.1 Å². The molecule has 118 valence electrons. The summed E-state index contributed by atoms with van der Waals surface area (Å²) in [5.74, 6) is 0. The van der Waals surface area contributed by atoms with Crippen LogP contribution in [0.2, 0.25) is 0 Å². The van der Waals surface area contributed by atoms with Crippen molar-refractivity contribution in [1.82, 2.24) is 14.8 Å². The van der Waals surface area contributed by atoms with Crippen molar-refractivity contribution in [2.75, 3.05) is 0 Å². The van der Waals surface area contributed by atoms with Crippen molar-refractivity contribution < 1.29 is 5.11 Å². The van der Waals surface area contributed by atoms with Gasteiger partial charge in [-0.1, -0.05) is 31.2 Å². The highest BCUT2D eigenvalue weighted by Crippen LogP contribution is 2.26. The van der Waals surface area contributed by atoms with E-state index in [1.807, 2.05) is 43.6 Å². The minimum atomic E-state index is -0.356. The first-order valence-electron chi connectivity index (χ1n) is 7.91. The lowest BCUT2D eigenvalue weighted by molar-refractivity contribution is 0.145. The van der Waals surface area contributed by atoms with Gasteiger partial charge in [-0.15, -0.1) is 0 Å². The highest BCUT2D eigenvalue weighted by molar-refractivity contribution is 5.70. The Hall–Kier alpha value is -2.46. The third-order valence-corrected chi connectivity index (χ3v) is 3.95. The molecule has 0 amide bonds. The summed E-state index contributed by atoms with van der Waals surface area (Å²) in [6.07, 6.45) is 4.09. The summed E-state index contributed by atoms with van der Waals surface area (Å²) >= 11 is 0. The maximum atomic E-state index is 9.75. The number of pyridine rings is 1. The number of hydrogen-bond donors (Lipinski definition) is 1. The SMILES string of the molecule is CC[C@@H](O)Cn1ccc(-c2cccc(-c3ncccc3C)c2)n1. The van der Waals surface area contributed by atoms with Gasteiger partial charge < -0.3 is 5.11 Å². The molecule has 0 bridgehead atoms. The average Bonchev–Trinajstić information content (AvgIpc) is 3.04. The monoisotopic (exact) mass is 307 g/mol. The Morgan fingerprint density at radius 1 is 1.13 bits per heavy atom. The summed E-state index contributed by atoms with van der Waals surface area (Å²) in [7, 11) is 0. The Morgan fingerprint density at radius 3 is 2.74 bits per heavy atom. The Balaban J connectivity index is 1.90. The number of nitrogens with zero attached hydrogens (tertiary/aromatic N) is 3. The predicted molar refractivity (Wildman–Crippen MR) is 91.9 cm³/mol. The molecule has 0 unspecified atom stereocenters. The molecule has 0 aliphatic rings. The van der Waals surface area contributed by atoms with Gasteiger partial charge in [0.25, 0.3) is 0 Å². The summed E-state index contributed by atoms with van der Waals surface area (Å²) in [4.78, 5) is 4.48. The zero-order valence-corrected chi connectivity index (χ0v) is 13.5. The van der Waals surface area contributed by atoms with Crippen LogP contribution in [0.25, 0.3) is 22.5 Å². The molecule has 0 spiro atoms. The second-order valence-electron chi connectivity index (χ2n) is 5.73. The van der Waals surface area contributed by atoms with Crippen LogP contribution in [0.1, 0.15) is 18.9 Å². The summed E-state index contributed by atoms with van der Waals surface area (Å²) < 4.78 is 1.79. The largest absolute Gasteiger partial charge is 0.391 e. The average molecular weight is 307 g/mol. The zero-order chi connectivity index (χ0) is 16.2. The van der Waals surface area contributed by atoms with Crippen LogP contribution in [0.5, 0.6) is 0 Å². The molecule has 23 heavy (non-hydrogen) atoms. The second kappa shape index (κ2) is 6.75. The van der Waals surface area contributed by atoms with Gasteiger partial charge in [0.1, 0.15) is 0 Å². The van der Waals surface area contributed by atoms with Crippen LogP contribution >= 0.6 is 0 Å². The van der Waals surface area contributed by atoms with E-state index < -0.39 is 0 Å². The Labute approximate surface area is 136 Å². The van der Waals surface area contributed by atoms with E-state index in [4.69, 9.17) is 0 Å². The third kappa shape index (κ3) is 3.48. The van der Waals surface area contributed by atoms with Crippen LogP contribution in [0.3, 0.4) is 0 Å². The van der Waals surface area contributed by atoms with Crippen molar-refractivity contribution in [1.29, 1.82) is 0 Å². The summed E-state index contributed by atoms with van der Waals surface area (Å²) in [5.41, 5.74) is 5.20. The number of aliphatic hydroxyl groups excluding tert-OH is 1. The molecule has 1 atom stereocenters. The molecule has 0 radical (unpaired) electrons. The lowest BCUT2D eigenvalue weighted by atomic mass is 10.0. The van der Waals surface area contributed by atoms with E-state index in [1.165, 1.54) is 0 Å². The molecule has 2 heterocycles. The highest BCUT2D eigenvalue weighted by atomic mass is 16.3. The van der Waals surface area contributed by atoms with Crippen LogP contribution in [-0.2, 0) is 6.54 Å². The van der Waals surface area contributed by atoms with Gasteiger partial charge in [0, 0.05) is 23.5 Å². The number of aliphatic hydroxyl groups is 1. The standard InChI is InChI=1S/C19H21N3O/c1-3-17(23)13-22-11-9-18(21-22)15-7-4-8-16(12-15)19-14(2)6-5-10-20-19/h4-12,17,23H,3,13H2,1-2H3/t17-/m1/s1. The lowest BCUT2D eigenvalue weighted by Gasteiger charge is -2.07. The summed E-state index contributed by atoms with van der Waals surface area (Å²) in [5, 5.41) is 14.3. The fourth-order valence-corrected chi connectivity index (χ4v) is 2.58. The van der Waals surface area contributed by atoms with Crippen LogP contribution < -0.4 is 0 Å². The highest BCUT2D eigenvalue weighted by Gasteiger charge is 2.08. The van der Waals surface area contributed by atoms with Crippen molar-refractivity contribution >= 4 is 0 Å². The maximum absolute atomic E-state index is 9.75. The molecule has 1 aromatic carbocycles. The Bertz CT molecular complexity index is 795. The molecule has 0 saturated carbocycles. The second-order valence-corrected chi connectivity index (χ2v) is 5.73. The third-order valence-electron chi connectivity index (χ3n) is 3.95. The Kier molecular flexibility index (Phi) is 4.53. The molecule has 1 N–H and O–H groups in total. The number of benzene rings is 1. The first-order valence-corrected chi connectivity index (χ1v) is 7.91. The van der Waals surface area contributed by atoms with E-state index in [0.717, 1.165) is 34.5 Å². The van der Waals surface area contributed by atoms with E-state index in [9.17, 15) is 5.11 Å². The zero-order valence-electron chi connectivity index (χ0n) is 13.5. The lowest BCUT2D eigenvalue weighted by Crippen LogP contribution is -2.14. The van der Waals surface area contributed by atoms with E-state index in [1.54, 1.807) is 4.68 Å². The molecular formula is C19H21N3O. The number of aromatic nitrogens is 3. The number of aryl methyl sites for hydroxylation is 1. The van der Waals surface area contributed by atoms with Crippen molar-refractivity contribution in [3.63, 3.8) is 0 Å². The van der Waals surface area contributed by atoms with Gasteiger partial charge >= 0.3 is 0 Å². The summed E-state index contributed by atoms with van der Waals surface area (Å²) in [6, 6.07) is 14.2. The molecule has 0 aliphatic carbocycles. The summed E-state index contributed by atoms with van der Waals surface area (Å²) in [6.45, 7) is 4.55. The molecule has 3 aromatic rings. The minimum Gasteiger partial charge on any atom is -0.391 e.